The molecule has 186 valence electrons. The van der Waals surface area contributed by atoms with Crippen molar-refractivity contribution in [1.82, 2.24) is 15.1 Å². The number of hydrogen-bond acceptors (Lipinski definition) is 6. The van der Waals surface area contributed by atoms with Crippen molar-refractivity contribution in [2.45, 2.75) is 52.4 Å². The van der Waals surface area contributed by atoms with Crippen molar-refractivity contribution in [2.24, 2.45) is 0 Å². The van der Waals surface area contributed by atoms with E-state index in [1.807, 2.05) is 48.5 Å². The van der Waals surface area contributed by atoms with Gasteiger partial charge in [-0.05, 0) is 61.2 Å². The lowest BCUT2D eigenvalue weighted by atomic mass is 10.1. The highest BCUT2D eigenvalue weighted by Crippen LogP contribution is 2.27. The zero-order valence-corrected chi connectivity index (χ0v) is 21.6. The molecule has 0 fully saturated rings. The minimum atomic E-state index is -0.188. The molecule has 0 aliphatic heterocycles. The summed E-state index contributed by atoms with van der Waals surface area (Å²) >= 11 is 1.31. The molecular weight excluding hydrogens is 460 g/mol. The van der Waals surface area contributed by atoms with E-state index in [9.17, 15) is 9.59 Å². The van der Waals surface area contributed by atoms with E-state index in [0.29, 0.717) is 28.8 Å². The van der Waals surface area contributed by atoms with Gasteiger partial charge in [-0.3, -0.25) is 9.59 Å². The number of nitrogens with zero attached hydrogens (tertiary/aromatic N) is 3. The van der Waals surface area contributed by atoms with Gasteiger partial charge in [-0.1, -0.05) is 50.2 Å². The summed E-state index contributed by atoms with van der Waals surface area (Å²) in [4.78, 5) is 27.5. The van der Waals surface area contributed by atoms with Gasteiger partial charge in [0.05, 0.1) is 7.11 Å². The summed E-state index contributed by atoms with van der Waals surface area (Å²) in [6.07, 6.45) is 5.38. The Morgan fingerprint density at radius 2 is 1.66 bits per heavy atom. The average molecular weight is 495 g/mol. The number of rotatable bonds is 13. The van der Waals surface area contributed by atoms with Crippen molar-refractivity contribution >= 4 is 28.3 Å². The van der Waals surface area contributed by atoms with E-state index in [1.54, 1.807) is 12.0 Å². The minimum absolute atomic E-state index is 0.0361. The number of anilines is 1. The number of amides is 2. The first kappa shape index (κ1) is 26.3. The van der Waals surface area contributed by atoms with Crippen LogP contribution in [0.3, 0.4) is 0 Å². The first-order chi connectivity index (χ1) is 17.0. The molecule has 0 radical (unpaired) electrons. The molecular formula is C27H34N4O3S. The molecule has 2 aromatic carbocycles. The van der Waals surface area contributed by atoms with Crippen LogP contribution in [0, 0.1) is 0 Å². The molecule has 2 amide bonds. The molecule has 3 rings (SSSR count). The SMILES string of the molecule is CCCCc1ccc(C(=O)N(CCCC)CCC(=O)Nc2nnc(-c3ccc(OC)cc3)s2)cc1. The number of nitrogens with one attached hydrogen (secondary N) is 1. The van der Waals surface area contributed by atoms with Crippen molar-refractivity contribution in [3.8, 4) is 16.3 Å². The fraction of sp³-hybridized carbons (Fsp3) is 0.407. The van der Waals surface area contributed by atoms with Gasteiger partial charge >= 0.3 is 0 Å². The number of aromatic nitrogens is 2. The highest BCUT2D eigenvalue weighted by atomic mass is 32.1. The van der Waals surface area contributed by atoms with E-state index in [-0.39, 0.29) is 18.2 Å². The maximum atomic E-state index is 13.1. The van der Waals surface area contributed by atoms with Crippen molar-refractivity contribution in [3.63, 3.8) is 0 Å². The van der Waals surface area contributed by atoms with E-state index >= 15 is 0 Å². The Kier molecular flexibility index (Phi) is 10.2. The summed E-state index contributed by atoms with van der Waals surface area (Å²) in [6, 6.07) is 15.4. The summed E-state index contributed by atoms with van der Waals surface area (Å²) in [5.41, 5.74) is 2.81. The molecule has 0 spiro atoms. The third-order valence-corrected chi connectivity index (χ3v) is 6.59. The predicted molar refractivity (Wildman–Crippen MR) is 141 cm³/mol. The Bertz CT molecular complexity index is 1080. The second kappa shape index (κ2) is 13.6. The van der Waals surface area contributed by atoms with Crippen LogP contribution in [0.4, 0.5) is 5.13 Å². The molecule has 0 aliphatic rings. The lowest BCUT2D eigenvalue weighted by Crippen LogP contribution is -2.34. The first-order valence-electron chi connectivity index (χ1n) is 12.2. The topological polar surface area (TPSA) is 84.4 Å². The zero-order valence-electron chi connectivity index (χ0n) is 20.8. The number of aryl methyl sites for hydroxylation is 1. The quantitative estimate of drug-likeness (QED) is 0.323. The van der Waals surface area contributed by atoms with E-state index in [4.69, 9.17) is 4.74 Å². The molecule has 0 saturated heterocycles. The Morgan fingerprint density at radius 3 is 2.31 bits per heavy atom. The summed E-state index contributed by atoms with van der Waals surface area (Å²) in [6.45, 7) is 5.24. The number of methoxy groups -OCH3 is 1. The number of ether oxygens (including phenoxy) is 1. The highest BCUT2D eigenvalue weighted by molar-refractivity contribution is 7.18. The molecule has 0 aliphatic carbocycles. The molecule has 3 aromatic rings. The van der Waals surface area contributed by atoms with Crippen LogP contribution in [-0.4, -0.2) is 47.1 Å². The standard InChI is InChI=1S/C27H34N4O3S/c1-4-6-8-20-9-11-22(12-10-20)26(33)31(18-7-5-2)19-17-24(32)28-27-30-29-25(35-27)21-13-15-23(34-3)16-14-21/h9-16H,4-8,17-19H2,1-3H3,(H,28,30,32). The second-order valence-corrected chi connectivity index (χ2v) is 9.36. The van der Waals surface area contributed by atoms with Crippen LogP contribution in [0.5, 0.6) is 5.75 Å². The van der Waals surface area contributed by atoms with Gasteiger partial charge in [0.1, 0.15) is 10.8 Å². The van der Waals surface area contributed by atoms with E-state index in [2.05, 4.69) is 29.4 Å². The highest BCUT2D eigenvalue weighted by Gasteiger charge is 2.17. The molecule has 1 aromatic heterocycles. The summed E-state index contributed by atoms with van der Waals surface area (Å²) < 4.78 is 5.18. The number of carbonyl (C=O) groups excluding carboxylic acids is 2. The van der Waals surface area contributed by atoms with Gasteiger partial charge in [0.15, 0.2) is 0 Å². The van der Waals surface area contributed by atoms with Gasteiger partial charge in [-0.25, -0.2) is 0 Å². The summed E-state index contributed by atoms with van der Waals surface area (Å²) in [7, 11) is 1.62. The molecule has 0 saturated carbocycles. The van der Waals surface area contributed by atoms with Crippen molar-refractivity contribution in [1.29, 1.82) is 0 Å². The number of carbonyl (C=O) groups is 2. The predicted octanol–water partition coefficient (Wildman–Crippen LogP) is 5.83. The summed E-state index contributed by atoms with van der Waals surface area (Å²) in [5.74, 6) is 0.541. The van der Waals surface area contributed by atoms with E-state index in [0.717, 1.165) is 43.4 Å². The van der Waals surface area contributed by atoms with Crippen LogP contribution >= 0.6 is 11.3 Å². The maximum absolute atomic E-state index is 13.1. The van der Waals surface area contributed by atoms with Gasteiger partial charge in [0.25, 0.3) is 5.91 Å². The summed E-state index contributed by atoms with van der Waals surface area (Å²) in [5, 5.41) is 12.2. The molecule has 7 nitrogen and oxygen atoms in total. The van der Waals surface area contributed by atoms with Crippen LogP contribution < -0.4 is 10.1 Å². The lowest BCUT2D eigenvalue weighted by molar-refractivity contribution is -0.116. The third kappa shape index (κ3) is 7.89. The molecule has 0 bridgehead atoms. The van der Waals surface area contributed by atoms with Gasteiger partial charge in [0, 0.05) is 30.6 Å². The zero-order chi connectivity index (χ0) is 25.0. The monoisotopic (exact) mass is 494 g/mol. The van der Waals surface area contributed by atoms with Crippen LogP contribution in [0.15, 0.2) is 48.5 Å². The number of unbranched alkanes of at least 4 members (excludes halogenated alkanes) is 2. The average Bonchev–Trinajstić information content (AvgIpc) is 3.35. The molecule has 0 unspecified atom stereocenters. The molecule has 8 heteroatoms. The normalized spacial score (nSPS) is 10.7. The largest absolute Gasteiger partial charge is 0.497 e. The molecule has 0 atom stereocenters. The van der Waals surface area contributed by atoms with E-state index in [1.165, 1.54) is 16.9 Å². The Morgan fingerprint density at radius 1 is 0.943 bits per heavy atom. The lowest BCUT2D eigenvalue weighted by Gasteiger charge is -2.22. The van der Waals surface area contributed by atoms with Crippen molar-refractivity contribution < 1.29 is 14.3 Å². The van der Waals surface area contributed by atoms with Crippen molar-refractivity contribution in [3.05, 3.63) is 59.7 Å². The third-order valence-electron chi connectivity index (χ3n) is 5.71. The maximum Gasteiger partial charge on any atom is 0.253 e. The van der Waals surface area contributed by atoms with E-state index < -0.39 is 0 Å². The Labute approximate surface area is 211 Å². The van der Waals surface area contributed by atoms with Crippen molar-refractivity contribution in [2.75, 3.05) is 25.5 Å². The number of benzene rings is 2. The molecule has 35 heavy (non-hydrogen) atoms. The fourth-order valence-electron chi connectivity index (χ4n) is 3.58. The van der Waals surface area contributed by atoms with Gasteiger partial charge in [0.2, 0.25) is 11.0 Å². The van der Waals surface area contributed by atoms with Gasteiger partial charge < -0.3 is 15.0 Å². The fourth-order valence-corrected chi connectivity index (χ4v) is 4.35. The van der Waals surface area contributed by atoms with Gasteiger partial charge in [-0.15, -0.1) is 10.2 Å². The van der Waals surface area contributed by atoms with Crippen LogP contribution in [0.25, 0.3) is 10.6 Å². The van der Waals surface area contributed by atoms with Crippen LogP contribution in [0.2, 0.25) is 0 Å². The van der Waals surface area contributed by atoms with Gasteiger partial charge in [-0.2, -0.15) is 0 Å². The minimum Gasteiger partial charge on any atom is -0.497 e. The Hall–Kier alpha value is -3.26. The van der Waals surface area contributed by atoms with Crippen LogP contribution in [-0.2, 0) is 11.2 Å². The molecule has 1 heterocycles. The first-order valence-corrected chi connectivity index (χ1v) is 13.0. The Balaban J connectivity index is 1.57. The van der Waals surface area contributed by atoms with Crippen LogP contribution in [0.1, 0.15) is 61.9 Å². The smallest absolute Gasteiger partial charge is 0.253 e. The molecule has 1 N–H and O–H groups in total. The number of hydrogen-bond donors (Lipinski definition) is 1. The second-order valence-electron chi connectivity index (χ2n) is 8.39.